The van der Waals surface area contributed by atoms with Crippen molar-refractivity contribution >= 4 is 17.8 Å². The van der Waals surface area contributed by atoms with Crippen molar-refractivity contribution in [1.29, 1.82) is 0 Å². The molecule has 1 amide bonds. The van der Waals surface area contributed by atoms with Gasteiger partial charge in [0.05, 0.1) is 5.56 Å². The van der Waals surface area contributed by atoms with Crippen molar-refractivity contribution in [2.45, 2.75) is 52.4 Å². The summed E-state index contributed by atoms with van der Waals surface area (Å²) in [6.45, 7) is 9.04. The number of carbonyl (C=O) groups excluding carboxylic acids is 3. The molecule has 3 rings (SSSR count). The lowest BCUT2D eigenvalue weighted by atomic mass is 9.94. The summed E-state index contributed by atoms with van der Waals surface area (Å²) >= 11 is 0. The molecule has 0 saturated carbocycles. The quantitative estimate of drug-likeness (QED) is 0.337. The van der Waals surface area contributed by atoms with E-state index in [1.807, 2.05) is 32.0 Å². The molecule has 2 atom stereocenters. The van der Waals surface area contributed by atoms with Crippen LogP contribution >= 0.6 is 0 Å². The number of alkyl carbamates (subject to hydrolysis) is 1. The highest BCUT2D eigenvalue weighted by Gasteiger charge is 2.36. The average molecular weight is 474 g/mol. The van der Waals surface area contributed by atoms with Gasteiger partial charge in [-0.05, 0) is 52.3 Å². The monoisotopic (exact) mass is 473 g/mol. The van der Waals surface area contributed by atoms with E-state index < -0.39 is 35.6 Å². The van der Waals surface area contributed by atoms with E-state index in [1.54, 1.807) is 81.4 Å². The Morgan fingerprint density at radius 3 is 2.00 bits per heavy atom. The topological polar surface area (TPSA) is 81.7 Å². The van der Waals surface area contributed by atoms with Crippen LogP contribution in [0.15, 0.2) is 78.9 Å². The molecule has 0 spiro atoms. The van der Waals surface area contributed by atoms with Crippen LogP contribution in [0, 0.1) is 13.8 Å². The molecule has 0 aliphatic heterocycles. The first-order chi connectivity index (χ1) is 16.5. The van der Waals surface area contributed by atoms with Crippen LogP contribution in [0.25, 0.3) is 0 Å². The van der Waals surface area contributed by atoms with Crippen LogP contribution in [-0.4, -0.2) is 29.6 Å². The second kappa shape index (κ2) is 11.0. The standard InChI is InChI=1S/C29H31NO5/c1-19-14-16-21(17-15-19)24(30-28(33)35-29(3,4)5)26(25(31)22-11-7-6-8-12-22)34-27(32)23-13-9-10-20(2)18-23/h6-18,24,26H,1-5H3,(H,30,33)/t24-,26+/m1/s1. The molecule has 0 radical (unpaired) electrons. The Balaban J connectivity index is 2.04. The first-order valence-electron chi connectivity index (χ1n) is 11.5. The van der Waals surface area contributed by atoms with E-state index in [4.69, 9.17) is 9.47 Å². The van der Waals surface area contributed by atoms with Crippen LogP contribution in [0.4, 0.5) is 4.79 Å². The molecule has 3 aromatic rings. The highest BCUT2D eigenvalue weighted by Crippen LogP contribution is 2.25. The number of aryl methyl sites for hydroxylation is 2. The Morgan fingerprint density at radius 1 is 0.771 bits per heavy atom. The van der Waals surface area contributed by atoms with Gasteiger partial charge in [-0.1, -0.05) is 77.9 Å². The minimum atomic E-state index is -1.33. The third-order valence-corrected chi connectivity index (χ3v) is 5.22. The zero-order valence-corrected chi connectivity index (χ0v) is 20.7. The molecule has 0 aliphatic rings. The van der Waals surface area contributed by atoms with E-state index in [-0.39, 0.29) is 0 Å². The SMILES string of the molecule is Cc1ccc([C@@H](NC(=O)OC(C)(C)C)[C@H](OC(=O)c2cccc(C)c2)C(=O)c2ccccc2)cc1. The Bertz CT molecular complexity index is 1180. The molecular weight excluding hydrogens is 442 g/mol. The zero-order chi connectivity index (χ0) is 25.6. The number of ketones is 1. The van der Waals surface area contributed by atoms with Gasteiger partial charge in [0.25, 0.3) is 0 Å². The summed E-state index contributed by atoms with van der Waals surface area (Å²) in [6, 6.07) is 21.8. The molecule has 0 aromatic heterocycles. The molecule has 1 N–H and O–H groups in total. The number of hydrogen-bond acceptors (Lipinski definition) is 5. The maximum atomic E-state index is 13.7. The van der Waals surface area contributed by atoms with Gasteiger partial charge in [0, 0.05) is 5.56 Å². The van der Waals surface area contributed by atoms with E-state index >= 15 is 0 Å². The zero-order valence-electron chi connectivity index (χ0n) is 20.7. The summed E-state index contributed by atoms with van der Waals surface area (Å²) in [5, 5.41) is 2.77. The molecule has 0 fully saturated rings. The van der Waals surface area contributed by atoms with Gasteiger partial charge < -0.3 is 14.8 Å². The van der Waals surface area contributed by atoms with E-state index in [1.165, 1.54) is 0 Å². The van der Waals surface area contributed by atoms with Crippen LogP contribution in [0.1, 0.15) is 64.2 Å². The van der Waals surface area contributed by atoms with Crippen LogP contribution in [0.5, 0.6) is 0 Å². The molecule has 6 nitrogen and oxygen atoms in total. The number of esters is 1. The fourth-order valence-corrected chi connectivity index (χ4v) is 3.54. The summed E-state index contributed by atoms with van der Waals surface area (Å²) in [4.78, 5) is 39.6. The summed E-state index contributed by atoms with van der Waals surface area (Å²) in [7, 11) is 0. The lowest BCUT2D eigenvalue weighted by Crippen LogP contribution is -2.44. The molecule has 0 unspecified atom stereocenters. The molecule has 6 heteroatoms. The van der Waals surface area contributed by atoms with E-state index in [9.17, 15) is 14.4 Å². The maximum Gasteiger partial charge on any atom is 0.408 e. The fraction of sp³-hybridized carbons (Fsp3) is 0.276. The predicted molar refractivity (Wildman–Crippen MR) is 134 cm³/mol. The van der Waals surface area contributed by atoms with E-state index in [0.717, 1.165) is 11.1 Å². The number of Topliss-reactive ketones (excluding diaryl/α,β-unsaturated/α-hetero) is 1. The molecule has 182 valence electrons. The molecule has 35 heavy (non-hydrogen) atoms. The van der Waals surface area contributed by atoms with Crippen LogP contribution in [0.3, 0.4) is 0 Å². The highest BCUT2D eigenvalue weighted by atomic mass is 16.6. The van der Waals surface area contributed by atoms with Gasteiger partial charge in [-0.15, -0.1) is 0 Å². The molecule has 0 aliphatic carbocycles. The van der Waals surface area contributed by atoms with E-state index in [0.29, 0.717) is 16.7 Å². The number of amides is 1. The largest absolute Gasteiger partial charge is 0.448 e. The Kier molecular flexibility index (Phi) is 8.07. The van der Waals surface area contributed by atoms with Gasteiger partial charge in [-0.25, -0.2) is 9.59 Å². The second-order valence-electron chi connectivity index (χ2n) is 9.46. The Morgan fingerprint density at radius 2 is 1.40 bits per heavy atom. The van der Waals surface area contributed by atoms with Gasteiger partial charge >= 0.3 is 12.1 Å². The second-order valence-corrected chi connectivity index (χ2v) is 9.46. The normalized spacial score (nSPS) is 12.8. The minimum Gasteiger partial charge on any atom is -0.448 e. The van der Waals surface area contributed by atoms with Crippen LogP contribution in [-0.2, 0) is 9.47 Å². The molecule has 0 saturated heterocycles. The average Bonchev–Trinajstić information content (AvgIpc) is 2.81. The summed E-state index contributed by atoms with van der Waals surface area (Å²) in [6.07, 6.45) is -2.05. The number of nitrogens with one attached hydrogen (secondary N) is 1. The Labute approximate surface area is 206 Å². The third-order valence-electron chi connectivity index (χ3n) is 5.22. The molecule has 0 heterocycles. The summed E-state index contributed by atoms with van der Waals surface area (Å²) in [5.41, 5.74) is 2.42. The number of ether oxygens (including phenoxy) is 2. The molecule has 0 bridgehead atoms. The van der Waals surface area contributed by atoms with Gasteiger partial charge in [0.1, 0.15) is 11.6 Å². The van der Waals surface area contributed by atoms with Gasteiger partial charge in [-0.3, -0.25) is 4.79 Å². The minimum absolute atomic E-state index is 0.316. The van der Waals surface area contributed by atoms with Crippen molar-refractivity contribution in [3.8, 4) is 0 Å². The predicted octanol–water partition coefficient (Wildman–Crippen LogP) is 5.98. The van der Waals surface area contributed by atoms with Crippen molar-refractivity contribution in [3.05, 3.63) is 107 Å². The molecular formula is C29H31NO5. The van der Waals surface area contributed by atoms with Gasteiger partial charge in [0.2, 0.25) is 5.78 Å². The van der Waals surface area contributed by atoms with Crippen LogP contribution in [0.2, 0.25) is 0 Å². The summed E-state index contributed by atoms with van der Waals surface area (Å²) in [5.74, 6) is -1.10. The highest BCUT2D eigenvalue weighted by molar-refractivity contribution is 6.02. The number of rotatable bonds is 7. The first-order valence-corrected chi connectivity index (χ1v) is 11.5. The van der Waals surface area contributed by atoms with Crippen molar-refractivity contribution in [3.63, 3.8) is 0 Å². The lowest BCUT2D eigenvalue weighted by molar-refractivity contribution is 0.0149. The fourth-order valence-electron chi connectivity index (χ4n) is 3.54. The van der Waals surface area contributed by atoms with Crippen molar-refractivity contribution < 1.29 is 23.9 Å². The van der Waals surface area contributed by atoms with Crippen molar-refractivity contribution in [2.24, 2.45) is 0 Å². The van der Waals surface area contributed by atoms with E-state index in [2.05, 4.69) is 5.32 Å². The van der Waals surface area contributed by atoms with Crippen molar-refractivity contribution in [2.75, 3.05) is 0 Å². The summed E-state index contributed by atoms with van der Waals surface area (Å²) < 4.78 is 11.3. The van der Waals surface area contributed by atoms with Crippen LogP contribution < -0.4 is 5.32 Å². The number of hydrogen-bond donors (Lipinski definition) is 1. The maximum absolute atomic E-state index is 13.7. The van der Waals surface area contributed by atoms with Gasteiger partial charge in [0.15, 0.2) is 6.10 Å². The van der Waals surface area contributed by atoms with Gasteiger partial charge in [-0.2, -0.15) is 0 Å². The lowest BCUT2D eigenvalue weighted by Gasteiger charge is -2.29. The Hall–Kier alpha value is -3.93. The first kappa shape index (κ1) is 25.7. The number of carbonyl (C=O) groups is 3. The third kappa shape index (κ3) is 7.27. The molecule has 3 aromatic carbocycles. The smallest absolute Gasteiger partial charge is 0.408 e. The number of benzene rings is 3. The van der Waals surface area contributed by atoms with Crippen molar-refractivity contribution in [1.82, 2.24) is 5.32 Å².